The smallest absolute Gasteiger partial charge is 0.193 e. The summed E-state index contributed by atoms with van der Waals surface area (Å²) in [5.41, 5.74) is 6.72. The van der Waals surface area contributed by atoms with Gasteiger partial charge in [-0.25, -0.2) is 0 Å². The zero-order valence-electron chi connectivity index (χ0n) is 7.38. The summed E-state index contributed by atoms with van der Waals surface area (Å²) in [6.45, 7) is 0.234. The number of aromatic amines is 1. The van der Waals surface area contributed by atoms with Crippen LogP contribution >= 0.6 is 11.6 Å². The van der Waals surface area contributed by atoms with Crippen LogP contribution in [-0.4, -0.2) is 4.98 Å². The van der Waals surface area contributed by atoms with Gasteiger partial charge >= 0.3 is 0 Å². The number of nitrogens with two attached hydrogens (primary N) is 1. The van der Waals surface area contributed by atoms with Gasteiger partial charge in [0.15, 0.2) is 5.43 Å². The van der Waals surface area contributed by atoms with Crippen LogP contribution in [0, 0.1) is 0 Å². The minimum absolute atomic E-state index is 0.0521. The van der Waals surface area contributed by atoms with Crippen molar-refractivity contribution in [3.05, 3.63) is 45.2 Å². The summed E-state index contributed by atoms with van der Waals surface area (Å²) in [6.07, 6.45) is 1.64. The van der Waals surface area contributed by atoms with E-state index in [-0.39, 0.29) is 12.0 Å². The van der Waals surface area contributed by atoms with E-state index in [1.807, 2.05) is 0 Å². The molecule has 4 heteroatoms. The molecule has 0 aliphatic heterocycles. The van der Waals surface area contributed by atoms with E-state index < -0.39 is 0 Å². The summed E-state index contributed by atoms with van der Waals surface area (Å²) in [4.78, 5) is 14.8. The van der Waals surface area contributed by atoms with Gasteiger partial charge in [-0.2, -0.15) is 0 Å². The second-order valence-corrected chi connectivity index (χ2v) is 3.47. The zero-order valence-corrected chi connectivity index (χ0v) is 8.14. The van der Waals surface area contributed by atoms with E-state index in [2.05, 4.69) is 4.98 Å². The maximum atomic E-state index is 11.8. The van der Waals surface area contributed by atoms with Crippen molar-refractivity contribution in [2.45, 2.75) is 6.54 Å². The van der Waals surface area contributed by atoms with Crippen molar-refractivity contribution in [3.63, 3.8) is 0 Å². The first-order valence-corrected chi connectivity index (χ1v) is 4.60. The topological polar surface area (TPSA) is 58.9 Å². The molecule has 1 aromatic carbocycles. The first-order chi connectivity index (χ1) is 6.72. The van der Waals surface area contributed by atoms with Gasteiger partial charge in [0.05, 0.1) is 0 Å². The summed E-state index contributed by atoms with van der Waals surface area (Å²) in [6, 6.07) is 5.16. The van der Waals surface area contributed by atoms with Crippen LogP contribution in [0.15, 0.2) is 29.2 Å². The molecule has 1 aromatic heterocycles. The number of hydrogen-bond acceptors (Lipinski definition) is 2. The lowest BCUT2D eigenvalue weighted by Gasteiger charge is -2.00. The number of H-pyrrole nitrogens is 1. The molecule has 0 radical (unpaired) electrons. The van der Waals surface area contributed by atoms with Gasteiger partial charge in [-0.3, -0.25) is 4.79 Å². The molecule has 0 unspecified atom stereocenters. The fraction of sp³-hybridized carbons (Fsp3) is 0.100. The van der Waals surface area contributed by atoms with Gasteiger partial charge in [0, 0.05) is 34.2 Å². The van der Waals surface area contributed by atoms with E-state index in [0.29, 0.717) is 16.0 Å². The first kappa shape index (κ1) is 9.24. The van der Waals surface area contributed by atoms with Crippen molar-refractivity contribution in [2.75, 3.05) is 0 Å². The summed E-state index contributed by atoms with van der Waals surface area (Å²) >= 11 is 5.80. The second kappa shape index (κ2) is 3.44. The average molecular weight is 209 g/mol. The molecule has 0 aliphatic carbocycles. The highest BCUT2D eigenvalue weighted by atomic mass is 35.5. The van der Waals surface area contributed by atoms with Gasteiger partial charge in [0.1, 0.15) is 0 Å². The van der Waals surface area contributed by atoms with E-state index in [1.54, 1.807) is 24.4 Å². The van der Waals surface area contributed by atoms with Crippen LogP contribution in [0.1, 0.15) is 5.56 Å². The third kappa shape index (κ3) is 1.41. The van der Waals surface area contributed by atoms with E-state index in [1.165, 1.54) is 0 Å². The Kier molecular flexibility index (Phi) is 2.27. The van der Waals surface area contributed by atoms with E-state index >= 15 is 0 Å². The standard InChI is InChI=1S/C10H9ClN2O/c11-7-1-2-9-8(3-7)10(14)6(4-12)5-13-9/h1-3,5H,4,12H2,(H,13,14). The SMILES string of the molecule is NCc1c[nH]c2ccc(Cl)cc2c1=O. The lowest BCUT2D eigenvalue weighted by Crippen LogP contribution is -2.13. The van der Waals surface area contributed by atoms with Gasteiger partial charge in [0.25, 0.3) is 0 Å². The Hall–Kier alpha value is -1.32. The number of nitrogens with one attached hydrogen (secondary N) is 1. The highest BCUT2D eigenvalue weighted by molar-refractivity contribution is 6.31. The monoisotopic (exact) mass is 208 g/mol. The fourth-order valence-electron chi connectivity index (χ4n) is 1.39. The van der Waals surface area contributed by atoms with Crippen molar-refractivity contribution >= 4 is 22.5 Å². The number of benzene rings is 1. The quantitative estimate of drug-likeness (QED) is 0.749. The van der Waals surface area contributed by atoms with Gasteiger partial charge in [-0.05, 0) is 18.2 Å². The number of pyridine rings is 1. The molecular weight excluding hydrogens is 200 g/mol. The minimum atomic E-state index is -0.0521. The van der Waals surface area contributed by atoms with E-state index in [4.69, 9.17) is 17.3 Å². The normalized spacial score (nSPS) is 10.7. The molecule has 3 N–H and O–H groups in total. The summed E-state index contributed by atoms with van der Waals surface area (Å²) < 4.78 is 0. The van der Waals surface area contributed by atoms with Crippen molar-refractivity contribution in [2.24, 2.45) is 5.73 Å². The molecule has 2 aromatic rings. The Morgan fingerprint density at radius 3 is 2.93 bits per heavy atom. The molecule has 0 aliphatic rings. The number of fused-ring (bicyclic) bond motifs is 1. The molecule has 0 amide bonds. The Morgan fingerprint density at radius 1 is 1.43 bits per heavy atom. The van der Waals surface area contributed by atoms with Crippen molar-refractivity contribution < 1.29 is 0 Å². The third-order valence-electron chi connectivity index (χ3n) is 2.14. The number of hydrogen-bond donors (Lipinski definition) is 2. The van der Waals surface area contributed by atoms with Crippen molar-refractivity contribution in [3.8, 4) is 0 Å². The second-order valence-electron chi connectivity index (χ2n) is 3.04. The van der Waals surface area contributed by atoms with Crippen LogP contribution in [0.3, 0.4) is 0 Å². The first-order valence-electron chi connectivity index (χ1n) is 4.22. The predicted molar refractivity (Wildman–Crippen MR) is 57.5 cm³/mol. The summed E-state index contributed by atoms with van der Waals surface area (Å²) in [5.74, 6) is 0. The molecule has 72 valence electrons. The number of rotatable bonds is 1. The van der Waals surface area contributed by atoms with Gasteiger partial charge in [-0.15, -0.1) is 0 Å². The minimum Gasteiger partial charge on any atom is -0.361 e. The average Bonchev–Trinajstić information content (AvgIpc) is 2.20. The van der Waals surface area contributed by atoms with Gasteiger partial charge in [0.2, 0.25) is 0 Å². The molecule has 0 spiro atoms. The van der Waals surface area contributed by atoms with Crippen molar-refractivity contribution in [1.82, 2.24) is 4.98 Å². The third-order valence-corrected chi connectivity index (χ3v) is 2.37. The molecule has 0 atom stereocenters. The molecule has 0 fully saturated rings. The van der Waals surface area contributed by atoms with Crippen molar-refractivity contribution in [1.29, 1.82) is 0 Å². The van der Waals surface area contributed by atoms with E-state index in [9.17, 15) is 4.79 Å². The summed E-state index contributed by atoms with van der Waals surface area (Å²) in [7, 11) is 0. The van der Waals surface area contributed by atoms with Crippen LogP contribution in [0.25, 0.3) is 10.9 Å². The lowest BCUT2D eigenvalue weighted by molar-refractivity contribution is 1.04. The molecule has 0 saturated heterocycles. The molecule has 14 heavy (non-hydrogen) atoms. The molecular formula is C10H9ClN2O. The van der Waals surface area contributed by atoms with Gasteiger partial charge < -0.3 is 10.7 Å². The molecule has 2 rings (SSSR count). The van der Waals surface area contributed by atoms with E-state index in [0.717, 1.165) is 5.52 Å². The summed E-state index contributed by atoms with van der Waals surface area (Å²) in [5, 5.41) is 1.14. The Balaban J connectivity index is 2.87. The number of halogens is 1. The van der Waals surface area contributed by atoms with Crippen LogP contribution < -0.4 is 11.2 Å². The molecule has 3 nitrogen and oxygen atoms in total. The maximum absolute atomic E-state index is 11.8. The molecule has 0 saturated carbocycles. The molecule has 0 bridgehead atoms. The Bertz CT molecular complexity index is 533. The zero-order chi connectivity index (χ0) is 10.1. The van der Waals surface area contributed by atoms with Crippen LogP contribution in [0.5, 0.6) is 0 Å². The Morgan fingerprint density at radius 2 is 2.21 bits per heavy atom. The fourth-order valence-corrected chi connectivity index (χ4v) is 1.56. The largest absolute Gasteiger partial charge is 0.361 e. The highest BCUT2D eigenvalue weighted by Crippen LogP contribution is 2.14. The molecule has 1 heterocycles. The predicted octanol–water partition coefficient (Wildman–Crippen LogP) is 1.64. The Labute approximate surface area is 85.5 Å². The van der Waals surface area contributed by atoms with Crippen LogP contribution in [-0.2, 0) is 6.54 Å². The lowest BCUT2D eigenvalue weighted by atomic mass is 10.1. The maximum Gasteiger partial charge on any atom is 0.193 e. The van der Waals surface area contributed by atoms with Crippen LogP contribution in [0.4, 0.5) is 0 Å². The number of aromatic nitrogens is 1. The highest BCUT2D eigenvalue weighted by Gasteiger charge is 2.03. The van der Waals surface area contributed by atoms with Gasteiger partial charge in [-0.1, -0.05) is 11.6 Å². The van der Waals surface area contributed by atoms with Crippen LogP contribution in [0.2, 0.25) is 5.02 Å².